The standard InChI is InChI=1S/C17H23N3O2/c1-13(14-5-3-2-4-6-14)11-17(22)19-15-7-9-20(10-8-15)12-16(18)21/h2-6,11,15H,7-10,12H2,1H3,(H2,18,21)(H,19,22). The smallest absolute Gasteiger partial charge is 0.244 e. The van der Waals surface area contributed by atoms with Crippen molar-refractivity contribution in [1.29, 1.82) is 0 Å². The van der Waals surface area contributed by atoms with E-state index in [1.165, 1.54) is 0 Å². The topological polar surface area (TPSA) is 75.4 Å². The van der Waals surface area contributed by atoms with Crippen LogP contribution in [0.15, 0.2) is 36.4 Å². The van der Waals surface area contributed by atoms with Crippen molar-refractivity contribution in [2.45, 2.75) is 25.8 Å². The fourth-order valence-corrected chi connectivity index (χ4v) is 2.68. The molecule has 118 valence electrons. The van der Waals surface area contributed by atoms with Gasteiger partial charge in [0.05, 0.1) is 6.54 Å². The van der Waals surface area contributed by atoms with Crippen LogP contribution in [0, 0.1) is 0 Å². The zero-order chi connectivity index (χ0) is 15.9. The van der Waals surface area contributed by atoms with E-state index in [1.807, 2.05) is 42.2 Å². The number of allylic oxidation sites excluding steroid dienone is 1. The summed E-state index contributed by atoms with van der Waals surface area (Å²) < 4.78 is 0. The van der Waals surface area contributed by atoms with Gasteiger partial charge in [-0.15, -0.1) is 0 Å². The lowest BCUT2D eigenvalue weighted by atomic mass is 10.0. The number of likely N-dealkylation sites (tertiary alicyclic amines) is 1. The highest BCUT2D eigenvalue weighted by molar-refractivity contribution is 5.95. The van der Waals surface area contributed by atoms with Gasteiger partial charge in [0, 0.05) is 25.2 Å². The lowest BCUT2D eigenvalue weighted by Crippen LogP contribution is -2.46. The molecule has 5 heteroatoms. The van der Waals surface area contributed by atoms with Crippen LogP contribution in [0.1, 0.15) is 25.3 Å². The number of rotatable bonds is 5. The number of piperidine rings is 1. The molecule has 0 radical (unpaired) electrons. The van der Waals surface area contributed by atoms with E-state index < -0.39 is 0 Å². The Bertz CT molecular complexity index is 546. The Balaban J connectivity index is 1.82. The van der Waals surface area contributed by atoms with Gasteiger partial charge in [-0.3, -0.25) is 14.5 Å². The van der Waals surface area contributed by atoms with E-state index in [0.717, 1.165) is 37.1 Å². The van der Waals surface area contributed by atoms with Crippen molar-refractivity contribution in [2.24, 2.45) is 5.73 Å². The van der Waals surface area contributed by atoms with Gasteiger partial charge in [0.15, 0.2) is 0 Å². The first-order valence-electron chi connectivity index (χ1n) is 7.59. The quantitative estimate of drug-likeness (QED) is 0.801. The number of amides is 2. The third-order valence-corrected chi connectivity index (χ3v) is 3.89. The molecule has 1 aromatic rings. The Morgan fingerprint density at radius 1 is 1.27 bits per heavy atom. The first kappa shape index (κ1) is 16.2. The van der Waals surface area contributed by atoms with Gasteiger partial charge in [-0.1, -0.05) is 30.3 Å². The van der Waals surface area contributed by atoms with Crippen LogP contribution in [0.25, 0.3) is 5.57 Å². The molecule has 1 aromatic carbocycles. The summed E-state index contributed by atoms with van der Waals surface area (Å²) in [6.45, 7) is 3.81. The van der Waals surface area contributed by atoms with Gasteiger partial charge in [-0.25, -0.2) is 0 Å². The van der Waals surface area contributed by atoms with Crippen LogP contribution in [0.3, 0.4) is 0 Å². The first-order chi connectivity index (χ1) is 10.5. The molecular weight excluding hydrogens is 278 g/mol. The van der Waals surface area contributed by atoms with E-state index >= 15 is 0 Å². The predicted molar refractivity (Wildman–Crippen MR) is 86.9 cm³/mol. The molecule has 0 aromatic heterocycles. The van der Waals surface area contributed by atoms with E-state index in [-0.39, 0.29) is 17.9 Å². The number of benzene rings is 1. The molecule has 22 heavy (non-hydrogen) atoms. The van der Waals surface area contributed by atoms with Crippen molar-refractivity contribution in [3.8, 4) is 0 Å². The van der Waals surface area contributed by atoms with E-state index in [2.05, 4.69) is 5.32 Å². The summed E-state index contributed by atoms with van der Waals surface area (Å²) in [4.78, 5) is 25.0. The Morgan fingerprint density at radius 2 is 1.91 bits per heavy atom. The molecule has 3 N–H and O–H groups in total. The van der Waals surface area contributed by atoms with Crippen molar-refractivity contribution in [3.05, 3.63) is 42.0 Å². The summed E-state index contributed by atoms with van der Waals surface area (Å²) in [6, 6.07) is 10.0. The van der Waals surface area contributed by atoms with Gasteiger partial charge >= 0.3 is 0 Å². The van der Waals surface area contributed by atoms with E-state index in [0.29, 0.717) is 6.54 Å². The van der Waals surface area contributed by atoms with Gasteiger partial charge in [0.25, 0.3) is 0 Å². The number of nitrogens with one attached hydrogen (secondary N) is 1. The average molecular weight is 301 g/mol. The lowest BCUT2D eigenvalue weighted by molar-refractivity contribution is -0.120. The molecular formula is C17H23N3O2. The summed E-state index contributed by atoms with van der Waals surface area (Å²) in [5, 5.41) is 3.04. The van der Waals surface area contributed by atoms with E-state index in [9.17, 15) is 9.59 Å². The Kier molecular flexibility index (Phi) is 5.72. The highest BCUT2D eigenvalue weighted by Gasteiger charge is 2.20. The Morgan fingerprint density at radius 3 is 2.50 bits per heavy atom. The number of carbonyl (C=O) groups excluding carboxylic acids is 2. The number of carbonyl (C=O) groups is 2. The molecule has 5 nitrogen and oxygen atoms in total. The Hall–Kier alpha value is -2.14. The van der Waals surface area contributed by atoms with Crippen LogP contribution in [0.2, 0.25) is 0 Å². The highest BCUT2D eigenvalue weighted by atomic mass is 16.2. The van der Waals surface area contributed by atoms with Gasteiger partial charge in [-0.2, -0.15) is 0 Å². The molecule has 1 aliphatic rings. The molecule has 1 aliphatic heterocycles. The molecule has 0 saturated carbocycles. The molecule has 0 bridgehead atoms. The molecule has 2 rings (SSSR count). The molecule has 1 saturated heterocycles. The minimum absolute atomic E-state index is 0.0605. The van der Waals surface area contributed by atoms with Crippen molar-refractivity contribution >= 4 is 17.4 Å². The second-order valence-electron chi connectivity index (χ2n) is 5.72. The first-order valence-corrected chi connectivity index (χ1v) is 7.59. The number of hydrogen-bond donors (Lipinski definition) is 2. The zero-order valence-corrected chi connectivity index (χ0v) is 12.9. The number of nitrogens with two attached hydrogens (primary N) is 1. The minimum Gasteiger partial charge on any atom is -0.369 e. The maximum Gasteiger partial charge on any atom is 0.244 e. The molecule has 0 spiro atoms. The third-order valence-electron chi connectivity index (χ3n) is 3.89. The summed E-state index contributed by atoms with van der Waals surface area (Å²) >= 11 is 0. The molecule has 0 atom stereocenters. The van der Waals surface area contributed by atoms with Crippen molar-refractivity contribution < 1.29 is 9.59 Å². The van der Waals surface area contributed by atoms with Gasteiger partial charge < -0.3 is 11.1 Å². The fraction of sp³-hybridized carbons (Fsp3) is 0.412. The number of primary amides is 1. The van der Waals surface area contributed by atoms with Gasteiger partial charge in [0.2, 0.25) is 11.8 Å². The van der Waals surface area contributed by atoms with Gasteiger partial charge in [-0.05, 0) is 30.9 Å². The third kappa shape index (κ3) is 5.00. The average Bonchev–Trinajstić information content (AvgIpc) is 2.49. The lowest BCUT2D eigenvalue weighted by Gasteiger charge is -2.31. The Labute approximate surface area is 131 Å². The maximum absolute atomic E-state index is 12.1. The molecule has 1 fully saturated rings. The monoisotopic (exact) mass is 301 g/mol. The van der Waals surface area contributed by atoms with Crippen LogP contribution in [0.4, 0.5) is 0 Å². The second kappa shape index (κ2) is 7.75. The zero-order valence-electron chi connectivity index (χ0n) is 12.9. The maximum atomic E-state index is 12.1. The van der Waals surface area contributed by atoms with Crippen LogP contribution >= 0.6 is 0 Å². The van der Waals surface area contributed by atoms with Crippen LogP contribution in [-0.2, 0) is 9.59 Å². The van der Waals surface area contributed by atoms with Crippen molar-refractivity contribution in [1.82, 2.24) is 10.2 Å². The van der Waals surface area contributed by atoms with E-state index in [1.54, 1.807) is 6.08 Å². The van der Waals surface area contributed by atoms with E-state index in [4.69, 9.17) is 5.73 Å². The van der Waals surface area contributed by atoms with Crippen LogP contribution in [0.5, 0.6) is 0 Å². The number of hydrogen-bond acceptors (Lipinski definition) is 3. The number of nitrogens with zero attached hydrogens (tertiary/aromatic N) is 1. The fourth-order valence-electron chi connectivity index (χ4n) is 2.68. The second-order valence-corrected chi connectivity index (χ2v) is 5.72. The normalized spacial score (nSPS) is 17.2. The molecule has 1 heterocycles. The van der Waals surface area contributed by atoms with Gasteiger partial charge in [0.1, 0.15) is 0 Å². The van der Waals surface area contributed by atoms with Crippen LogP contribution < -0.4 is 11.1 Å². The predicted octanol–water partition coefficient (Wildman–Crippen LogP) is 1.16. The SMILES string of the molecule is CC(=CC(=O)NC1CCN(CC(N)=O)CC1)c1ccccc1. The molecule has 0 aliphatic carbocycles. The summed E-state index contributed by atoms with van der Waals surface area (Å²) in [6.07, 6.45) is 3.33. The summed E-state index contributed by atoms with van der Waals surface area (Å²) in [5.74, 6) is -0.362. The molecule has 0 unspecified atom stereocenters. The van der Waals surface area contributed by atoms with Crippen LogP contribution in [-0.4, -0.2) is 42.4 Å². The molecule has 2 amide bonds. The minimum atomic E-state index is -0.302. The summed E-state index contributed by atoms with van der Waals surface area (Å²) in [7, 11) is 0. The van der Waals surface area contributed by atoms with Crippen molar-refractivity contribution in [3.63, 3.8) is 0 Å². The van der Waals surface area contributed by atoms with Crippen molar-refractivity contribution in [2.75, 3.05) is 19.6 Å². The largest absolute Gasteiger partial charge is 0.369 e. The highest BCUT2D eigenvalue weighted by Crippen LogP contribution is 2.13. The summed E-state index contributed by atoms with van der Waals surface area (Å²) in [5.41, 5.74) is 7.19.